The van der Waals surface area contributed by atoms with Gasteiger partial charge in [-0.2, -0.15) is 10.1 Å². The lowest BCUT2D eigenvalue weighted by Gasteiger charge is -2.28. The molecule has 0 saturated heterocycles. The van der Waals surface area contributed by atoms with Crippen LogP contribution in [0.5, 0.6) is 0 Å². The largest absolute Gasteiger partial charge is 0.332 e. The molecule has 1 atom stereocenters. The summed E-state index contributed by atoms with van der Waals surface area (Å²) in [6.07, 6.45) is 0.863. The summed E-state index contributed by atoms with van der Waals surface area (Å²) in [4.78, 5) is 30.9. The molecule has 0 bridgehead atoms. The molecule has 0 spiro atoms. The summed E-state index contributed by atoms with van der Waals surface area (Å²) in [7, 11) is 1.60. The van der Waals surface area contributed by atoms with E-state index in [1.165, 1.54) is 21.3 Å². The Bertz CT molecular complexity index is 1240. The van der Waals surface area contributed by atoms with E-state index in [4.69, 9.17) is 0 Å². The lowest BCUT2D eigenvalue weighted by molar-refractivity contribution is 0.618. The molecule has 0 aliphatic carbocycles. The first kappa shape index (κ1) is 19.1. The smallest absolute Gasteiger partial charge is 0.294 e. The Kier molecular flexibility index (Phi) is 4.60. The Morgan fingerprint density at radius 3 is 2.52 bits per heavy atom. The number of rotatable bonds is 4. The van der Waals surface area contributed by atoms with Crippen LogP contribution in [-0.4, -0.2) is 30.9 Å². The SMILES string of the molecule is CCCN1N=C(C)[C@H](C)n2c1nc1c2c(=O)n(Cc2ccc(F)cc2)c(=O)n1C. The van der Waals surface area contributed by atoms with Crippen molar-refractivity contribution in [2.24, 2.45) is 12.1 Å². The number of fused-ring (bicyclic) bond motifs is 3. The highest BCUT2D eigenvalue weighted by molar-refractivity contribution is 5.91. The van der Waals surface area contributed by atoms with Gasteiger partial charge in [0.2, 0.25) is 5.95 Å². The molecule has 152 valence electrons. The molecule has 0 unspecified atom stereocenters. The van der Waals surface area contributed by atoms with Gasteiger partial charge in [-0.15, -0.1) is 0 Å². The fraction of sp³-hybridized carbons (Fsp3) is 0.400. The Hall–Kier alpha value is -3.23. The summed E-state index contributed by atoms with van der Waals surface area (Å²) in [6.45, 7) is 6.64. The minimum Gasteiger partial charge on any atom is -0.294 e. The minimum absolute atomic E-state index is 0.0579. The molecule has 3 heterocycles. The molecule has 2 aromatic heterocycles. The Balaban J connectivity index is 1.97. The lowest BCUT2D eigenvalue weighted by Crippen LogP contribution is -2.40. The van der Waals surface area contributed by atoms with Crippen LogP contribution >= 0.6 is 0 Å². The number of anilines is 1. The predicted octanol–water partition coefficient (Wildman–Crippen LogP) is 2.25. The molecule has 0 N–H and O–H groups in total. The van der Waals surface area contributed by atoms with Crippen LogP contribution in [-0.2, 0) is 13.6 Å². The summed E-state index contributed by atoms with van der Waals surface area (Å²) in [6, 6.07) is 5.61. The van der Waals surface area contributed by atoms with E-state index in [-0.39, 0.29) is 18.4 Å². The minimum atomic E-state index is -0.463. The van der Waals surface area contributed by atoms with Crippen LogP contribution in [0.2, 0.25) is 0 Å². The third kappa shape index (κ3) is 2.97. The van der Waals surface area contributed by atoms with Gasteiger partial charge < -0.3 is 0 Å². The average Bonchev–Trinajstić information content (AvgIpc) is 3.10. The van der Waals surface area contributed by atoms with E-state index < -0.39 is 11.2 Å². The van der Waals surface area contributed by atoms with Gasteiger partial charge in [0.25, 0.3) is 5.56 Å². The Morgan fingerprint density at radius 1 is 1.17 bits per heavy atom. The van der Waals surface area contributed by atoms with Gasteiger partial charge in [-0.1, -0.05) is 19.1 Å². The maximum Gasteiger partial charge on any atom is 0.332 e. The molecule has 0 radical (unpaired) electrons. The van der Waals surface area contributed by atoms with Gasteiger partial charge in [0.05, 0.1) is 18.3 Å². The van der Waals surface area contributed by atoms with Gasteiger partial charge in [-0.25, -0.2) is 14.2 Å². The van der Waals surface area contributed by atoms with Crippen LogP contribution < -0.4 is 16.3 Å². The molecular formula is C20H23FN6O2. The molecule has 1 aliphatic rings. The van der Waals surface area contributed by atoms with E-state index in [9.17, 15) is 14.0 Å². The molecule has 1 aromatic carbocycles. The number of aromatic nitrogens is 4. The molecule has 8 nitrogen and oxygen atoms in total. The van der Waals surface area contributed by atoms with Crippen LogP contribution in [0.15, 0.2) is 39.0 Å². The van der Waals surface area contributed by atoms with E-state index in [1.807, 2.05) is 25.3 Å². The van der Waals surface area contributed by atoms with Crippen molar-refractivity contribution in [3.63, 3.8) is 0 Å². The van der Waals surface area contributed by atoms with Crippen LogP contribution in [0.25, 0.3) is 11.2 Å². The van der Waals surface area contributed by atoms with E-state index in [0.717, 1.165) is 12.1 Å². The summed E-state index contributed by atoms with van der Waals surface area (Å²) in [5.74, 6) is 0.195. The molecule has 29 heavy (non-hydrogen) atoms. The number of aryl methyl sites for hydroxylation is 1. The van der Waals surface area contributed by atoms with Gasteiger partial charge in [0.15, 0.2) is 11.2 Å². The van der Waals surface area contributed by atoms with Crippen LogP contribution in [0, 0.1) is 5.82 Å². The fourth-order valence-corrected chi connectivity index (χ4v) is 3.66. The second-order valence-electron chi connectivity index (χ2n) is 7.35. The van der Waals surface area contributed by atoms with Gasteiger partial charge >= 0.3 is 5.69 Å². The number of benzene rings is 1. The number of nitrogens with zero attached hydrogens (tertiary/aromatic N) is 6. The van der Waals surface area contributed by atoms with Gasteiger partial charge in [0.1, 0.15) is 5.82 Å². The quantitative estimate of drug-likeness (QED) is 0.675. The number of halogens is 1. The van der Waals surface area contributed by atoms with E-state index in [1.54, 1.807) is 24.2 Å². The summed E-state index contributed by atoms with van der Waals surface area (Å²) < 4.78 is 17.6. The van der Waals surface area contributed by atoms with Crippen molar-refractivity contribution in [1.29, 1.82) is 0 Å². The van der Waals surface area contributed by atoms with Gasteiger partial charge in [-0.3, -0.25) is 18.5 Å². The summed E-state index contributed by atoms with van der Waals surface area (Å²) in [5.41, 5.74) is 1.36. The first-order valence-corrected chi connectivity index (χ1v) is 9.62. The van der Waals surface area contributed by atoms with E-state index in [2.05, 4.69) is 10.1 Å². The van der Waals surface area contributed by atoms with Crippen LogP contribution in [0.4, 0.5) is 10.3 Å². The molecule has 9 heteroatoms. The maximum absolute atomic E-state index is 13.4. The van der Waals surface area contributed by atoms with Gasteiger partial charge in [0, 0.05) is 13.6 Å². The predicted molar refractivity (Wildman–Crippen MR) is 110 cm³/mol. The first-order valence-electron chi connectivity index (χ1n) is 9.62. The number of hydrogen-bond donors (Lipinski definition) is 0. The fourth-order valence-electron chi connectivity index (χ4n) is 3.66. The molecule has 0 fully saturated rings. The normalized spacial score (nSPS) is 16.2. The lowest BCUT2D eigenvalue weighted by atomic mass is 10.2. The van der Waals surface area contributed by atoms with Crippen molar-refractivity contribution < 1.29 is 4.39 Å². The van der Waals surface area contributed by atoms with Crippen molar-refractivity contribution in [1.82, 2.24) is 18.7 Å². The highest BCUT2D eigenvalue weighted by Gasteiger charge is 2.30. The van der Waals surface area contributed by atoms with Crippen molar-refractivity contribution in [2.45, 2.75) is 39.8 Å². The Morgan fingerprint density at radius 2 is 1.86 bits per heavy atom. The van der Waals surface area contributed by atoms with Crippen LogP contribution in [0.1, 0.15) is 38.8 Å². The maximum atomic E-state index is 13.4. The zero-order valence-corrected chi connectivity index (χ0v) is 16.9. The standard InChI is InChI=1S/C20H23FN6O2/c1-5-10-26-19-22-17-16(27(19)13(3)12(2)23-26)18(28)25(20(29)24(17)4)11-14-6-8-15(21)9-7-14/h6-9,13H,5,10-11H2,1-4H3/t13-/m0/s1. The molecule has 0 amide bonds. The molecule has 4 rings (SSSR count). The molecule has 3 aromatic rings. The van der Waals surface area contributed by atoms with Crippen molar-refractivity contribution >= 4 is 22.8 Å². The number of hydrazone groups is 1. The second-order valence-corrected chi connectivity index (χ2v) is 7.35. The Labute approximate surface area is 166 Å². The van der Waals surface area contributed by atoms with E-state index in [0.29, 0.717) is 29.2 Å². The van der Waals surface area contributed by atoms with Crippen molar-refractivity contribution in [3.8, 4) is 0 Å². The van der Waals surface area contributed by atoms with E-state index >= 15 is 0 Å². The van der Waals surface area contributed by atoms with Crippen molar-refractivity contribution in [3.05, 3.63) is 56.5 Å². The highest BCUT2D eigenvalue weighted by Crippen LogP contribution is 2.29. The molecule has 0 saturated carbocycles. The molecule has 1 aliphatic heterocycles. The monoisotopic (exact) mass is 398 g/mol. The van der Waals surface area contributed by atoms with Crippen LogP contribution in [0.3, 0.4) is 0 Å². The molecular weight excluding hydrogens is 375 g/mol. The topological polar surface area (TPSA) is 77.4 Å². The number of imidazole rings is 1. The third-order valence-corrected chi connectivity index (χ3v) is 5.35. The summed E-state index contributed by atoms with van der Waals surface area (Å²) >= 11 is 0. The zero-order valence-electron chi connectivity index (χ0n) is 16.9. The average molecular weight is 398 g/mol. The highest BCUT2D eigenvalue weighted by atomic mass is 19.1. The third-order valence-electron chi connectivity index (χ3n) is 5.35. The zero-order chi connectivity index (χ0) is 20.9. The second kappa shape index (κ2) is 6.98. The van der Waals surface area contributed by atoms with Gasteiger partial charge in [-0.05, 0) is 38.0 Å². The van der Waals surface area contributed by atoms with Crippen molar-refractivity contribution in [2.75, 3.05) is 11.6 Å². The summed E-state index contributed by atoms with van der Waals surface area (Å²) in [5, 5.41) is 6.39. The number of hydrogen-bond acceptors (Lipinski definition) is 5. The first-order chi connectivity index (χ1) is 13.8.